The molecule has 1 aromatic rings. The topological polar surface area (TPSA) is 85.0 Å². The molecule has 0 aromatic heterocycles. The molecule has 0 atom stereocenters. The number of nitrogen functional groups attached to an aromatic ring is 1. The maximum absolute atomic E-state index is 11.9. The minimum atomic E-state index is -0.441. The van der Waals surface area contributed by atoms with Crippen LogP contribution >= 0.6 is 0 Å². The van der Waals surface area contributed by atoms with Crippen molar-refractivity contribution in [3.05, 3.63) is 23.8 Å². The summed E-state index contributed by atoms with van der Waals surface area (Å²) in [4.78, 5) is 13.8. The molecule has 6 heteroatoms. The van der Waals surface area contributed by atoms with Gasteiger partial charge >= 0.3 is 5.97 Å². The Morgan fingerprint density at radius 3 is 2.68 bits per heavy atom. The van der Waals surface area contributed by atoms with Crippen molar-refractivity contribution in [2.24, 2.45) is 0 Å². The summed E-state index contributed by atoms with van der Waals surface area (Å²) in [5, 5.41) is 8.53. The fraction of sp³-hybridized carbons (Fsp3) is 0.462. The third kappa shape index (κ3) is 4.76. The Morgan fingerprint density at radius 1 is 1.32 bits per heavy atom. The Labute approximate surface area is 112 Å². The van der Waals surface area contributed by atoms with E-state index in [1.54, 1.807) is 18.2 Å². The Kier molecular flexibility index (Phi) is 6.11. The predicted octanol–water partition coefficient (Wildman–Crippen LogP) is 0.500. The van der Waals surface area contributed by atoms with Gasteiger partial charge in [-0.05, 0) is 18.2 Å². The van der Waals surface area contributed by atoms with Gasteiger partial charge in [-0.1, -0.05) is 0 Å². The van der Waals surface area contributed by atoms with E-state index in [0.717, 1.165) is 5.69 Å². The summed E-state index contributed by atoms with van der Waals surface area (Å²) < 4.78 is 10.1. The third-order valence-electron chi connectivity index (χ3n) is 2.42. The zero-order valence-electron chi connectivity index (χ0n) is 11.3. The maximum Gasteiger partial charge on any atom is 0.340 e. The molecule has 6 nitrogen and oxygen atoms in total. The fourth-order valence-electron chi connectivity index (χ4n) is 1.54. The van der Waals surface area contributed by atoms with E-state index in [-0.39, 0.29) is 26.4 Å². The summed E-state index contributed by atoms with van der Waals surface area (Å²) >= 11 is 0. The number of hydrogen-bond donors (Lipinski definition) is 2. The molecule has 0 heterocycles. The van der Waals surface area contributed by atoms with Gasteiger partial charge in [-0.15, -0.1) is 0 Å². The standard InChI is InChI=1S/C13H20N2O4/c1-15(2)12-4-3-10(14)9-11(12)13(17)19-8-7-18-6-5-16/h3-4,9,16H,5-8,14H2,1-2H3. The number of anilines is 2. The maximum atomic E-state index is 11.9. The third-order valence-corrected chi connectivity index (χ3v) is 2.42. The highest BCUT2D eigenvalue weighted by Crippen LogP contribution is 2.22. The van der Waals surface area contributed by atoms with Crippen LogP contribution < -0.4 is 10.6 Å². The van der Waals surface area contributed by atoms with Crippen molar-refractivity contribution in [1.29, 1.82) is 0 Å². The molecular weight excluding hydrogens is 248 g/mol. The number of aliphatic hydroxyl groups excluding tert-OH is 1. The van der Waals surface area contributed by atoms with Crippen molar-refractivity contribution >= 4 is 17.3 Å². The summed E-state index contributed by atoms with van der Waals surface area (Å²) in [6.07, 6.45) is 0. The first-order chi connectivity index (χ1) is 9.06. The van der Waals surface area contributed by atoms with Crippen LogP contribution in [0.25, 0.3) is 0 Å². The quantitative estimate of drug-likeness (QED) is 0.425. The molecule has 0 saturated carbocycles. The number of carbonyl (C=O) groups is 1. The molecule has 0 aliphatic heterocycles. The van der Waals surface area contributed by atoms with Crippen molar-refractivity contribution in [3.8, 4) is 0 Å². The Hall–Kier alpha value is -1.79. The van der Waals surface area contributed by atoms with E-state index >= 15 is 0 Å². The van der Waals surface area contributed by atoms with Gasteiger partial charge in [0.2, 0.25) is 0 Å². The van der Waals surface area contributed by atoms with Crippen molar-refractivity contribution in [3.63, 3.8) is 0 Å². The summed E-state index contributed by atoms with van der Waals surface area (Å²) in [6.45, 7) is 0.582. The first kappa shape index (κ1) is 15.3. The van der Waals surface area contributed by atoms with Gasteiger partial charge < -0.3 is 25.2 Å². The minimum absolute atomic E-state index is 0.0477. The Morgan fingerprint density at radius 2 is 2.05 bits per heavy atom. The van der Waals surface area contributed by atoms with Crippen LogP contribution in [-0.4, -0.2) is 51.6 Å². The SMILES string of the molecule is CN(C)c1ccc(N)cc1C(=O)OCCOCCO. The number of nitrogens with zero attached hydrogens (tertiary/aromatic N) is 1. The minimum Gasteiger partial charge on any atom is -0.460 e. The molecule has 0 aliphatic carbocycles. The highest BCUT2D eigenvalue weighted by molar-refractivity contribution is 5.96. The van der Waals surface area contributed by atoms with Gasteiger partial charge in [0.05, 0.1) is 31.1 Å². The van der Waals surface area contributed by atoms with Gasteiger partial charge in [-0.3, -0.25) is 0 Å². The van der Waals surface area contributed by atoms with E-state index in [9.17, 15) is 4.79 Å². The van der Waals surface area contributed by atoms with Crippen LogP contribution in [0.5, 0.6) is 0 Å². The van der Waals surface area contributed by atoms with Crippen LogP contribution in [0.4, 0.5) is 11.4 Å². The van der Waals surface area contributed by atoms with Gasteiger partial charge in [-0.2, -0.15) is 0 Å². The van der Waals surface area contributed by atoms with Crippen LogP contribution in [0.1, 0.15) is 10.4 Å². The number of carbonyl (C=O) groups excluding carboxylic acids is 1. The molecule has 0 radical (unpaired) electrons. The lowest BCUT2D eigenvalue weighted by Gasteiger charge is -2.17. The monoisotopic (exact) mass is 268 g/mol. The zero-order valence-corrected chi connectivity index (χ0v) is 11.3. The van der Waals surface area contributed by atoms with Crippen molar-refractivity contribution < 1.29 is 19.4 Å². The summed E-state index contributed by atoms with van der Waals surface area (Å²) in [5.41, 5.74) is 7.36. The van der Waals surface area contributed by atoms with Crippen molar-refractivity contribution in [1.82, 2.24) is 0 Å². The van der Waals surface area contributed by atoms with Gasteiger partial charge in [0.25, 0.3) is 0 Å². The molecular formula is C13H20N2O4. The van der Waals surface area contributed by atoms with E-state index in [2.05, 4.69) is 0 Å². The molecule has 0 bridgehead atoms. The lowest BCUT2D eigenvalue weighted by atomic mass is 10.1. The number of rotatable bonds is 7. The van der Waals surface area contributed by atoms with E-state index in [1.165, 1.54) is 0 Å². The largest absolute Gasteiger partial charge is 0.460 e. The number of esters is 1. The van der Waals surface area contributed by atoms with E-state index in [4.69, 9.17) is 20.3 Å². The zero-order chi connectivity index (χ0) is 14.3. The molecule has 0 fully saturated rings. The van der Waals surface area contributed by atoms with Crippen LogP contribution in [0, 0.1) is 0 Å². The average molecular weight is 268 g/mol. The molecule has 0 saturated heterocycles. The first-order valence-corrected chi connectivity index (χ1v) is 5.99. The summed E-state index contributed by atoms with van der Waals surface area (Å²) in [6, 6.07) is 5.09. The van der Waals surface area contributed by atoms with Crippen LogP contribution in [0.15, 0.2) is 18.2 Å². The number of ether oxygens (including phenoxy) is 2. The molecule has 0 aliphatic rings. The average Bonchev–Trinajstić information content (AvgIpc) is 2.37. The number of hydrogen-bond acceptors (Lipinski definition) is 6. The fourth-order valence-corrected chi connectivity index (χ4v) is 1.54. The Balaban J connectivity index is 2.63. The Bertz CT molecular complexity index is 421. The van der Waals surface area contributed by atoms with Gasteiger partial charge in [0.15, 0.2) is 0 Å². The second-order valence-corrected chi connectivity index (χ2v) is 4.14. The van der Waals surface area contributed by atoms with E-state index in [0.29, 0.717) is 11.3 Å². The number of benzene rings is 1. The molecule has 0 unspecified atom stereocenters. The summed E-state index contributed by atoms with van der Waals surface area (Å²) in [7, 11) is 3.68. The smallest absolute Gasteiger partial charge is 0.340 e. The predicted molar refractivity (Wildman–Crippen MR) is 73.4 cm³/mol. The van der Waals surface area contributed by atoms with E-state index in [1.807, 2.05) is 19.0 Å². The van der Waals surface area contributed by atoms with E-state index < -0.39 is 5.97 Å². The number of nitrogens with two attached hydrogens (primary N) is 1. The molecule has 3 N–H and O–H groups in total. The normalized spacial score (nSPS) is 10.3. The van der Waals surface area contributed by atoms with Gasteiger partial charge in [-0.25, -0.2) is 4.79 Å². The summed E-state index contributed by atoms with van der Waals surface area (Å²) in [5.74, 6) is -0.441. The molecule has 0 spiro atoms. The van der Waals surface area contributed by atoms with Gasteiger partial charge in [0.1, 0.15) is 6.61 Å². The molecule has 19 heavy (non-hydrogen) atoms. The van der Waals surface area contributed by atoms with Crippen molar-refractivity contribution in [2.75, 3.05) is 51.2 Å². The van der Waals surface area contributed by atoms with Crippen molar-refractivity contribution in [2.45, 2.75) is 0 Å². The second kappa shape index (κ2) is 7.60. The molecule has 1 aromatic carbocycles. The highest BCUT2D eigenvalue weighted by Gasteiger charge is 2.14. The van der Waals surface area contributed by atoms with Crippen LogP contribution in [-0.2, 0) is 9.47 Å². The lowest BCUT2D eigenvalue weighted by Crippen LogP contribution is -2.17. The first-order valence-electron chi connectivity index (χ1n) is 5.99. The molecule has 1 rings (SSSR count). The van der Waals surface area contributed by atoms with Crippen LogP contribution in [0.2, 0.25) is 0 Å². The number of aliphatic hydroxyl groups is 1. The van der Waals surface area contributed by atoms with Crippen LogP contribution in [0.3, 0.4) is 0 Å². The molecule has 106 valence electrons. The van der Waals surface area contributed by atoms with Gasteiger partial charge in [0, 0.05) is 19.8 Å². The highest BCUT2D eigenvalue weighted by atomic mass is 16.6. The second-order valence-electron chi connectivity index (χ2n) is 4.14. The molecule has 0 amide bonds. The lowest BCUT2D eigenvalue weighted by molar-refractivity contribution is 0.0259.